The van der Waals surface area contributed by atoms with E-state index in [1.165, 1.54) is 6.33 Å². The number of ether oxygens (including phenoxy) is 2. The monoisotopic (exact) mass is 662 g/mol. The summed E-state index contributed by atoms with van der Waals surface area (Å²) in [7, 11) is 0.309. The number of hydrogen-bond acceptors (Lipinski definition) is 8. The van der Waals surface area contributed by atoms with Gasteiger partial charge < -0.3 is 14.0 Å². The fraction of sp³-hybridized carbons (Fsp3) is 0.455. The molecule has 0 N–H and O–H groups in total. The number of aromatic nitrogens is 8. The summed E-state index contributed by atoms with van der Waals surface area (Å²) in [5.74, 6) is 1.56. The van der Waals surface area contributed by atoms with Crippen molar-refractivity contribution in [3.05, 3.63) is 65.6 Å². The Kier molecular flexibility index (Phi) is 8.11. The first-order chi connectivity index (χ1) is 22.5. The number of nitrogens with zero attached hydrogens (tertiary/aromatic N) is 8. The van der Waals surface area contributed by atoms with E-state index in [-0.39, 0.29) is 12.8 Å². The molecule has 47 heavy (non-hydrogen) atoms. The van der Waals surface area contributed by atoms with Gasteiger partial charge in [0.05, 0.1) is 24.7 Å². The molecular formula is C33H37F3N8O2Si. The molecule has 0 atom stereocenters. The van der Waals surface area contributed by atoms with Crippen LogP contribution in [0.25, 0.3) is 33.8 Å². The predicted molar refractivity (Wildman–Crippen MR) is 173 cm³/mol. The quantitative estimate of drug-likeness (QED) is 0.101. The minimum absolute atomic E-state index is 0.0551. The van der Waals surface area contributed by atoms with E-state index in [4.69, 9.17) is 24.5 Å². The van der Waals surface area contributed by atoms with Gasteiger partial charge in [-0.05, 0) is 37.3 Å². The molecule has 2 fully saturated rings. The standard InChI is InChI=1S/C33H37F3N8O2Si/c1-45-32-27(28(21-9-10-21)38-18-39-32)30-37-16-25-29(41-30)24(42-44(25)19-46-13-14-47(2,3)4)15-20-5-7-22(8-6-20)31-40-26(33(34,35)36)17-43(31)23-11-12-23/h5-8,16-18,21,23H,9-15,19H2,1-4H3. The Morgan fingerprint density at radius 2 is 1.74 bits per heavy atom. The minimum Gasteiger partial charge on any atom is -0.480 e. The molecule has 4 aromatic heterocycles. The van der Waals surface area contributed by atoms with Crippen molar-refractivity contribution in [2.75, 3.05) is 13.7 Å². The van der Waals surface area contributed by atoms with Gasteiger partial charge in [0.1, 0.15) is 35.5 Å². The van der Waals surface area contributed by atoms with Crippen molar-refractivity contribution in [1.82, 2.24) is 39.3 Å². The van der Waals surface area contributed by atoms with Gasteiger partial charge in [-0.2, -0.15) is 18.3 Å². The Balaban J connectivity index is 1.22. The van der Waals surface area contributed by atoms with E-state index in [1.807, 2.05) is 24.3 Å². The second-order valence-electron chi connectivity index (χ2n) is 13.6. The summed E-state index contributed by atoms with van der Waals surface area (Å²) in [4.78, 5) is 22.6. The Bertz CT molecular complexity index is 1910. The number of fused-ring (bicyclic) bond motifs is 1. The zero-order valence-electron chi connectivity index (χ0n) is 26.9. The third-order valence-electron chi connectivity index (χ3n) is 8.54. The molecule has 2 saturated carbocycles. The van der Waals surface area contributed by atoms with E-state index < -0.39 is 19.9 Å². The van der Waals surface area contributed by atoms with Crippen LogP contribution in [-0.2, 0) is 24.1 Å². The highest BCUT2D eigenvalue weighted by atomic mass is 28.3. The van der Waals surface area contributed by atoms with Crippen LogP contribution >= 0.6 is 0 Å². The SMILES string of the molecule is COc1ncnc(C2CC2)c1-c1ncc2c(n1)c(Cc1ccc(-c3nc(C(F)(F)F)cn3C3CC3)cc1)nn2COCC[Si](C)(C)C. The highest BCUT2D eigenvalue weighted by molar-refractivity contribution is 6.76. The van der Waals surface area contributed by atoms with Crippen molar-refractivity contribution in [2.45, 2.75) is 82.7 Å². The van der Waals surface area contributed by atoms with Crippen LogP contribution in [0.1, 0.15) is 60.3 Å². The van der Waals surface area contributed by atoms with Gasteiger partial charge in [-0.1, -0.05) is 43.9 Å². The molecule has 7 rings (SSSR count). The molecule has 0 spiro atoms. The van der Waals surface area contributed by atoms with Gasteiger partial charge in [0, 0.05) is 44.8 Å². The molecule has 0 aliphatic heterocycles. The van der Waals surface area contributed by atoms with Crippen molar-refractivity contribution in [3.8, 4) is 28.7 Å². The number of benzene rings is 1. The Morgan fingerprint density at radius 3 is 2.40 bits per heavy atom. The van der Waals surface area contributed by atoms with Crippen molar-refractivity contribution in [3.63, 3.8) is 0 Å². The lowest BCUT2D eigenvalue weighted by Crippen LogP contribution is -2.22. The van der Waals surface area contributed by atoms with Crippen molar-refractivity contribution >= 4 is 19.1 Å². The van der Waals surface area contributed by atoms with E-state index >= 15 is 0 Å². The molecule has 0 saturated heterocycles. The molecule has 1 aromatic carbocycles. The normalized spacial score (nSPS) is 15.5. The topological polar surface area (TPSA) is 106 Å². The summed E-state index contributed by atoms with van der Waals surface area (Å²) < 4.78 is 55.6. The third kappa shape index (κ3) is 6.79. The van der Waals surface area contributed by atoms with Crippen LogP contribution in [0.4, 0.5) is 13.2 Å². The number of alkyl halides is 3. The number of rotatable bonds is 12. The Hall–Kier alpha value is -4.17. The summed E-state index contributed by atoms with van der Waals surface area (Å²) >= 11 is 0. The first-order valence-corrected chi connectivity index (χ1v) is 19.6. The maximum absolute atomic E-state index is 13.5. The van der Waals surface area contributed by atoms with Crippen LogP contribution in [0.5, 0.6) is 5.88 Å². The zero-order valence-corrected chi connectivity index (χ0v) is 27.9. The largest absolute Gasteiger partial charge is 0.480 e. The van der Waals surface area contributed by atoms with Crippen molar-refractivity contribution < 1.29 is 22.6 Å². The summed E-state index contributed by atoms with van der Waals surface area (Å²) in [5.41, 5.74) is 4.42. The number of halogens is 3. The molecular weight excluding hydrogens is 625 g/mol. The van der Waals surface area contributed by atoms with Crippen LogP contribution in [-0.4, -0.2) is 61.1 Å². The lowest BCUT2D eigenvalue weighted by molar-refractivity contribution is -0.140. The Labute approximate surface area is 271 Å². The zero-order chi connectivity index (χ0) is 32.9. The molecule has 0 radical (unpaired) electrons. The molecule has 2 aliphatic carbocycles. The molecule has 4 heterocycles. The second-order valence-corrected chi connectivity index (χ2v) is 19.2. The van der Waals surface area contributed by atoms with E-state index in [2.05, 4.69) is 34.6 Å². The fourth-order valence-corrected chi connectivity index (χ4v) is 6.40. The van der Waals surface area contributed by atoms with Crippen molar-refractivity contribution in [2.24, 2.45) is 0 Å². The van der Waals surface area contributed by atoms with Crippen LogP contribution in [0.2, 0.25) is 25.7 Å². The first kappa shape index (κ1) is 31.4. The number of imidazole rings is 1. The van der Waals surface area contributed by atoms with Gasteiger partial charge in [0.25, 0.3) is 0 Å². The van der Waals surface area contributed by atoms with E-state index in [0.717, 1.165) is 60.4 Å². The maximum Gasteiger partial charge on any atom is 0.434 e. The lowest BCUT2D eigenvalue weighted by atomic mass is 10.1. The molecule has 5 aromatic rings. The highest BCUT2D eigenvalue weighted by Gasteiger charge is 2.37. The van der Waals surface area contributed by atoms with Crippen LogP contribution < -0.4 is 4.74 Å². The minimum atomic E-state index is -4.50. The number of methoxy groups -OCH3 is 1. The van der Waals surface area contributed by atoms with Gasteiger partial charge in [-0.3, -0.25) is 0 Å². The van der Waals surface area contributed by atoms with Gasteiger partial charge in [0.2, 0.25) is 5.88 Å². The molecule has 2 aliphatic rings. The van der Waals surface area contributed by atoms with Crippen LogP contribution in [0.15, 0.2) is 43.0 Å². The van der Waals surface area contributed by atoms with E-state index in [0.29, 0.717) is 53.1 Å². The maximum atomic E-state index is 13.5. The third-order valence-corrected chi connectivity index (χ3v) is 10.2. The van der Waals surface area contributed by atoms with Crippen LogP contribution in [0.3, 0.4) is 0 Å². The molecule has 0 bridgehead atoms. The van der Waals surface area contributed by atoms with E-state index in [1.54, 1.807) is 22.6 Å². The van der Waals surface area contributed by atoms with Gasteiger partial charge in [-0.15, -0.1) is 0 Å². The molecule has 14 heteroatoms. The summed E-state index contributed by atoms with van der Waals surface area (Å²) in [6, 6.07) is 8.55. The lowest BCUT2D eigenvalue weighted by Gasteiger charge is -2.15. The average molecular weight is 663 g/mol. The highest BCUT2D eigenvalue weighted by Crippen LogP contribution is 2.45. The second kappa shape index (κ2) is 12.1. The summed E-state index contributed by atoms with van der Waals surface area (Å²) in [6.45, 7) is 7.83. The average Bonchev–Trinajstić information content (AvgIpc) is 3.98. The van der Waals surface area contributed by atoms with Crippen LogP contribution in [0, 0.1) is 0 Å². The summed E-state index contributed by atoms with van der Waals surface area (Å²) in [6.07, 6.45) is 4.14. The van der Waals surface area contributed by atoms with Gasteiger partial charge >= 0.3 is 6.18 Å². The predicted octanol–water partition coefficient (Wildman–Crippen LogP) is 7.29. The van der Waals surface area contributed by atoms with Crippen molar-refractivity contribution in [1.29, 1.82) is 0 Å². The van der Waals surface area contributed by atoms with Gasteiger partial charge in [-0.25, -0.2) is 29.6 Å². The molecule has 10 nitrogen and oxygen atoms in total. The first-order valence-electron chi connectivity index (χ1n) is 15.9. The fourth-order valence-electron chi connectivity index (χ4n) is 5.64. The smallest absolute Gasteiger partial charge is 0.434 e. The van der Waals surface area contributed by atoms with E-state index in [9.17, 15) is 13.2 Å². The molecule has 0 unspecified atom stereocenters. The summed E-state index contributed by atoms with van der Waals surface area (Å²) in [5, 5.41) is 4.92. The van der Waals surface area contributed by atoms with Gasteiger partial charge in [0.15, 0.2) is 11.5 Å². The molecule has 0 amide bonds. The molecule has 246 valence electrons. The number of hydrogen-bond donors (Lipinski definition) is 0. The Morgan fingerprint density at radius 1 is 0.979 bits per heavy atom.